The molecule has 2 aromatic carbocycles. The third-order valence-electron chi connectivity index (χ3n) is 3.64. The number of hydrogen-bond acceptors (Lipinski definition) is 6. The summed E-state index contributed by atoms with van der Waals surface area (Å²) < 4.78 is 21.3. The monoisotopic (exact) mass is 318 g/mol. The molecule has 0 amide bonds. The van der Waals surface area contributed by atoms with Crippen molar-refractivity contribution in [3.63, 3.8) is 0 Å². The van der Waals surface area contributed by atoms with E-state index in [1.54, 1.807) is 28.4 Å². The summed E-state index contributed by atoms with van der Waals surface area (Å²) in [5, 5.41) is 0. The SMILES string of the molecule is COc1ccc(N(C)c2cc(OC)c(OC)c(OC)c2)cc1N. The predicted molar refractivity (Wildman–Crippen MR) is 91.6 cm³/mol. The van der Waals surface area contributed by atoms with E-state index in [2.05, 4.69) is 0 Å². The van der Waals surface area contributed by atoms with Gasteiger partial charge >= 0.3 is 0 Å². The van der Waals surface area contributed by atoms with Gasteiger partial charge < -0.3 is 29.6 Å². The maximum atomic E-state index is 5.98. The number of anilines is 3. The molecular weight excluding hydrogens is 296 g/mol. The molecule has 0 aliphatic rings. The summed E-state index contributed by atoms with van der Waals surface area (Å²) in [5.41, 5.74) is 8.35. The van der Waals surface area contributed by atoms with Crippen LogP contribution in [0.25, 0.3) is 0 Å². The maximum Gasteiger partial charge on any atom is 0.203 e. The molecule has 2 aromatic rings. The molecule has 6 nitrogen and oxygen atoms in total. The Morgan fingerprint density at radius 1 is 0.739 bits per heavy atom. The average Bonchev–Trinajstić information content (AvgIpc) is 2.59. The molecule has 0 aromatic heterocycles. The van der Waals surface area contributed by atoms with E-state index in [1.807, 2.05) is 42.3 Å². The molecule has 0 atom stereocenters. The van der Waals surface area contributed by atoms with Gasteiger partial charge in [-0.15, -0.1) is 0 Å². The van der Waals surface area contributed by atoms with Gasteiger partial charge in [-0.2, -0.15) is 0 Å². The van der Waals surface area contributed by atoms with Crippen LogP contribution < -0.4 is 29.6 Å². The topological polar surface area (TPSA) is 66.2 Å². The van der Waals surface area contributed by atoms with E-state index in [4.69, 9.17) is 24.7 Å². The van der Waals surface area contributed by atoms with E-state index in [0.29, 0.717) is 28.7 Å². The number of rotatable bonds is 6. The van der Waals surface area contributed by atoms with Crippen molar-refractivity contribution in [2.75, 3.05) is 46.1 Å². The van der Waals surface area contributed by atoms with Gasteiger partial charge in [-0.25, -0.2) is 0 Å². The summed E-state index contributed by atoms with van der Waals surface area (Å²) in [6.45, 7) is 0. The van der Waals surface area contributed by atoms with E-state index < -0.39 is 0 Å². The van der Waals surface area contributed by atoms with Gasteiger partial charge in [-0.05, 0) is 18.2 Å². The molecule has 2 rings (SSSR count). The van der Waals surface area contributed by atoms with Crippen LogP contribution >= 0.6 is 0 Å². The number of nitrogen functional groups attached to an aromatic ring is 1. The Bertz CT molecular complexity index is 663. The molecule has 0 saturated carbocycles. The van der Waals surface area contributed by atoms with Crippen LogP contribution in [0.15, 0.2) is 30.3 Å². The summed E-state index contributed by atoms with van der Waals surface area (Å²) in [5.74, 6) is 2.39. The van der Waals surface area contributed by atoms with E-state index in [1.165, 1.54) is 0 Å². The second-order valence-corrected chi connectivity index (χ2v) is 4.87. The first-order chi connectivity index (χ1) is 11.0. The molecule has 0 spiro atoms. The van der Waals surface area contributed by atoms with Crippen molar-refractivity contribution in [3.05, 3.63) is 30.3 Å². The fraction of sp³-hybridized carbons (Fsp3) is 0.294. The van der Waals surface area contributed by atoms with Crippen molar-refractivity contribution < 1.29 is 18.9 Å². The molecule has 0 saturated heterocycles. The summed E-state index contributed by atoms with van der Waals surface area (Å²) in [7, 11) is 8.28. The van der Waals surface area contributed by atoms with Crippen molar-refractivity contribution in [2.45, 2.75) is 0 Å². The van der Waals surface area contributed by atoms with Crippen LogP contribution in [-0.4, -0.2) is 35.5 Å². The highest BCUT2D eigenvalue weighted by atomic mass is 16.5. The zero-order chi connectivity index (χ0) is 17.0. The number of methoxy groups -OCH3 is 4. The lowest BCUT2D eigenvalue weighted by molar-refractivity contribution is 0.324. The summed E-state index contributed by atoms with van der Waals surface area (Å²) in [6, 6.07) is 9.36. The van der Waals surface area contributed by atoms with Crippen molar-refractivity contribution >= 4 is 17.1 Å². The third kappa shape index (κ3) is 3.21. The van der Waals surface area contributed by atoms with Gasteiger partial charge in [0.15, 0.2) is 11.5 Å². The fourth-order valence-electron chi connectivity index (χ4n) is 2.34. The van der Waals surface area contributed by atoms with Crippen molar-refractivity contribution in [1.29, 1.82) is 0 Å². The van der Waals surface area contributed by atoms with Crippen molar-refractivity contribution in [3.8, 4) is 23.0 Å². The zero-order valence-electron chi connectivity index (χ0n) is 14.0. The number of nitrogens with zero attached hydrogens (tertiary/aromatic N) is 1. The number of nitrogens with two attached hydrogens (primary N) is 1. The smallest absolute Gasteiger partial charge is 0.203 e. The average molecular weight is 318 g/mol. The Balaban J connectivity index is 2.46. The van der Waals surface area contributed by atoms with Gasteiger partial charge in [-0.1, -0.05) is 0 Å². The predicted octanol–water partition coefficient (Wildman–Crippen LogP) is 3.07. The Kier molecular flexibility index (Phi) is 5.05. The lowest BCUT2D eigenvalue weighted by Crippen LogP contribution is -2.11. The Morgan fingerprint density at radius 3 is 1.74 bits per heavy atom. The minimum absolute atomic E-state index is 0.557. The number of benzene rings is 2. The lowest BCUT2D eigenvalue weighted by Gasteiger charge is -2.23. The van der Waals surface area contributed by atoms with Gasteiger partial charge in [-0.3, -0.25) is 0 Å². The molecule has 0 aliphatic heterocycles. The maximum absolute atomic E-state index is 5.98. The molecule has 6 heteroatoms. The number of hydrogen-bond donors (Lipinski definition) is 1. The molecule has 124 valence electrons. The van der Waals surface area contributed by atoms with Gasteiger partial charge in [0.05, 0.1) is 34.1 Å². The molecular formula is C17H22N2O4. The number of ether oxygens (including phenoxy) is 4. The summed E-state index contributed by atoms with van der Waals surface area (Å²) in [4.78, 5) is 1.97. The van der Waals surface area contributed by atoms with Gasteiger partial charge in [0.1, 0.15) is 5.75 Å². The minimum atomic E-state index is 0.557. The van der Waals surface area contributed by atoms with Crippen LogP contribution in [-0.2, 0) is 0 Å². The molecule has 0 heterocycles. The third-order valence-corrected chi connectivity index (χ3v) is 3.64. The quantitative estimate of drug-likeness (QED) is 0.826. The highest BCUT2D eigenvalue weighted by molar-refractivity contribution is 5.73. The second-order valence-electron chi connectivity index (χ2n) is 4.87. The molecule has 0 fully saturated rings. The standard InChI is InChI=1S/C17H22N2O4/c1-19(11-6-7-14(20-2)13(18)8-11)12-9-15(21-3)17(23-5)16(10-12)22-4/h6-10H,18H2,1-5H3. The van der Waals surface area contributed by atoms with Gasteiger partial charge in [0, 0.05) is 30.6 Å². The summed E-state index contributed by atoms with van der Waals surface area (Å²) >= 11 is 0. The van der Waals surface area contributed by atoms with Crippen molar-refractivity contribution in [1.82, 2.24) is 0 Å². The Labute approximate surface area is 136 Å². The molecule has 0 aliphatic carbocycles. The molecule has 0 radical (unpaired) electrons. The molecule has 2 N–H and O–H groups in total. The van der Waals surface area contributed by atoms with E-state index >= 15 is 0 Å². The van der Waals surface area contributed by atoms with Gasteiger partial charge in [0.2, 0.25) is 5.75 Å². The fourth-order valence-corrected chi connectivity index (χ4v) is 2.34. The van der Waals surface area contributed by atoms with Crippen LogP contribution in [0.3, 0.4) is 0 Å². The zero-order valence-corrected chi connectivity index (χ0v) is 14.0. The van der Waals surface area contributed by atoms with E-state index in [-0.39, 0.29) is 0 Å². The van der Waals surface area contributed by atoms with E-state index in [9.17, 15) is 0 Å². The second kappa shape index (κ2) is 7.00. The van der Waals surface area contributed by atoms with Gasteiger partial charge in [0.25, 0.3) is 0 Å². The van der Waals surface area contributed by atoms with Crippen LogP contribution in [0.1, 0.15) is 0 Å². The normalized spacial score (nSPS) is 10.1. The largest absolute Gasteiger partial charge is 0.495 e. The molecule has 23 heavy (non-hydrogen) atoms. The lowest BCUT2D eigenvalue weighted by atomic mass is 10.2. The van der Waals surface area contributed by atoms with Crippen LogP contribution in [0.5, 0.6) is 23.0 Å². The van der Waals surface area contributed by atoms with Crippen LogP contribution in [0.2, 0.25) is 0 Å². The molecule has 0 unspecified atom stereocenters. The van der Waals surface area contributed by atoms with Crippen molar-refractivity contribution in [2.24, 2.45) is 0 Å². The van der Waals surface area contributed by atoms with Crippen LogP contribution in [0, 0.1) is 0 Å². The Morgan fingerprint density at radius 2 is 1.30 bits per heavy atom. The minimum Gasteiger partial charge on any atom is -0.495 e. The van der Waals surface area contributed by atoms with Crippen LogP contribution in [0.4, 0.5) is 17.1 Å². The first-order valence-electron chi connectivity index (χ1n) is 7.03. The first-order valence-corrected chi connectivity index (χ1v) is 7.03. The highest BCUT2D eigenvalue weighted by Crippen LogP contribution is 2.42. The highest BCUT2D eigenvalue weighted by Gasteiger charge is 2.16. The first kappa shape index (κ1) is 16.6. The Hall–Kier alpha value is -2.76. The van der Waals surface area contributed by atoms with E-state index in [0.717, 1.165) is 11.4 Å². The molecule has 0 bridgehead atoms. The summed E-state index contributed by atoms with van der Waals surface area (Å²) in [6.07, 6.45) is 0.